The third kappa shape index (κ3) is 3.72. The SMILES string of the molecule is CC(NC1CCCOC1)c1ccc(-c2ccccc2)cc1. The average Bonchev–Trinajstić information content (AvgIpc) is 2.57. The Labute approximate surface area is 127 Å². The van der Waals surface area contributed by atoms with Crippen molar-refractivity contribution >= 4 is 0 Å². The maximum absolute atomic E-state index is 5.53. The summed E-state index contributed by atoms with van der Waals surface area (Å²) < 4.78 is 5.53. The molecule has 1 heterocycles. The molecule has 1 N–H and O–H groups in total. The number of ether oxygens (including phenoxy) is 1. The van der Waals surface area contributed by atoms with Gasteiger partial charge in [-0.3, -0.25) is 0 Å². The molecule has 0 saturated carbocycles. The van der Waals surface area contributed by atoms with Gasteiger partial charge in [-0.15, -0.1) is 0 Å². The zero-order valence-electron chi connectivity index (χ0n) is 12.6. The van der Waals surface area contributed by atoms with E-state index in [2.05, 4.69) is 66.8 Å². The van der Waals surface area contributed by atoms with Crippen LogP contribution < -0.4 is 5.32 Å². The fourth-order valence-electron chi connectivity index (χ4n) is 2.92. The van der Waals surface area contributed by atoms with Gasteiger partial charge >= 0.3 is 0 Å². The van der Waals surface area contributed by atoms with Crippen LogP contribution in [0.4, 0.5) is 0 Å². The minimum atomic E-state index is 0.363. The highest BCUT2D eigenvalue weighted by molar-refractivity contribution is 5.63. The Morgan fingerprint density at radius 3 is 2.38 bits per heavy atom. The maximum atomic E-state index is 5.53. The Balaban J connectivity index is 1.66. The molecule has 1 aliphatic rings. The predicted octanol–water partition coefficient (Wildman–Crippen LogP) is 4.18. The molecular weight excluding hydrogens is 258 g/mol. The minimum Gasteiger partial charge on any atom is -0.380 e. The van der Waals surface area contributed by atoms with Gasteiger partial charge < -0.3 is 10.1 Å². The van der Waals surface area contributed by atoms with E-state index in [4.69, 9.17) is 4.74 Å². The first-order chi connectivity index (χ1) is 10.3. The molecule has 0 radical (unpaired) electrons. The zero-order chi connectivity index (χ0) is 14.5. The lowest BCUT2D eigenvalue weighted by Crippen LogP contribution is -2.38. The third-order valence-corrected chi connectivity index (χ3v) is 4.16. The third-order valence-electron chi connectivity index (χ3n) is 4.16. The molecule has 2 heteroatoms. The van der Waals surface area contributed by atoms with Gasteiger partial charge in [0.25, 0.3) is 0 Å². The van der Waals surface area contributed by atoms with Gasteiger partial charge in [-0.25, -0.2) is 0 Å². The van der Waals surface area contributed by atoms with Crippen LogP contribution in [0.2, 0.25) is 0 Å². The van der Waals surface area contributed by atoms with Crippen molar-refractivity contribution in [2.24, 2.45) is 0 Å². The molecule has 0 aromatic heterocycles. The molecule has 1 fully saturated rings. The number of benzene rings is 2. The Hall–Kier alpha value is -1.64. The zero-order valence-corrected chi connectivity index (χ0v) is 12.6. The molecule has 0 bridgehead atoms. The van der Waals surface area contributed by atoms with Crippen molar-refractivity contribution in [3.05, 3.63) is 60.2 Å². The number of hydrogen-bond donors (Lipinski definition) is 1. The van der Waals surface area contributed by atoms with Crippen molar-refractivity contribution in [2.45, 2.75) is 31.8 Å². The summed E-state index contributed by atoms with van der Waals surface area (Å²) in [6, 6.07) is 20.2. The summed E-state index contributed by atoms with van der Waals surface area (Å²) in [6.45, 7) is 3.98. The van der Waals surface area contributed by atoms with Crippen LogP contribution in [-0.4, -0.2) is 19.3 Å². The van der Waals surface area contributed by atoms with Gasteiger partial charge in [-0.2, -0.15) is 0 Å². The van der Waals surface area contributed by atoms with E-state index in [0.29, 0.717) is 12.1 Å². The smallest absolute Gasteiger partial charge is 0.0619 e. The summed E-state index contributed by atoms with van der Waals surface area (Å²) in [6.07, 6.45) is 2.38. The lowest BCUT2D eigenvalue weighted by molar-refractivity contribution is 0.0671. The van der Waals surface area contributed by atoms with Crippen LogP contribution in [0.1, 0.15) is 31.4 Å². The summed E-state index contributed by atoms with van der Waals surface area (Å²) >= 11 is 0. The molecule has 2 aromatic carbocycles. The van der Waals surface area contributed by atoms with E-state index in [-0.39, 0.29) is 0 Å². The molecule has 3 rings (SSSR count). The Morgan fingerprint density at radius 1 is 1.00 bits per heavy atom. The highest BCUT2D eigenvalue weighted by atomic mass is 16.5. The van der Waals surface area contributed by atoms with E-state index in [1.807, 2.05) is 0 Å². The van der Waals surface area contributed by atoms with Gasteiger partial charge in [0.1, 0.15) is 0 Å². The van der Waals surface area contributed by atoms with Gasteiger partial charge in [-0.1, -0.05) is 54.6 Å². The molecule has 0 spiro atoms. The van der Waals surface area contributed by atoms with Crippen molar-refractivity contribution in [3.63, 3.8) is 0 Å². The fraction of sp³-hybridized carbons (Fsp3) is 0.368. The average molecular weight is 281 g/mol. The van der Waals surface area contributed by atoms with Crippen LogP contribution in [0.25, 0.3) is 11.1 Å². The molecule has 2 aromatic rings. The predicted molar refractivity (Wildman–Crippen MR) is 87.3 cm³/mol. The Morgan fingerprint density at radius 2 is 1.71 bits per heavy atom. The second-order valence-corrected chi connectivity index (χ2v) is 5.79. The second kappa shape index (κ2) is 6.88. The summed E-state index contributed by atoms with van der Waals surface area (Å²) in [5.41, 5.74) is 3.87. The number of hydrogen-bond acceptors (Lipinski definition) is 2. The number of nitrogens with one attached hydrogen (secondary N) is 1. The van der Waals surface area contributed by atoms with E-state index < -0.39 is 0 Å². The van der Waals surface area contributed by atoms with Gasteiger partial charge in [0.05, 0.1) is 6.61 Å². The van der Waals surface area contributed by atoms with Crippen LogP contribution in [0.15, 0.2) is 54.6 Å². The Bertz CT molecular complexity index is 544. The van der Waals surface area contributed by atoms with Crippen LogP contribution >= 0.6 is 0 Å². The van der Waals surface area contributed by atoms with Gasteiger partial charge in [0, 0.05) is 18.7 Å². The summed E-state index contributed by atoms with van der Waals surface area (Å²) in [7, 11) is 0. The van der Waals surface area contributed by atoms with Crippen molar-refractivity contribution in [2.75, 3.05) is 13.2 Å². The molecule has 1 saturated heterocycles. The largest absolute Gasteiger partial charge is 0.380 e. The topological polar surface area (TPSA) is 21.3 Å². The summed E-state index contributed by atoms with van der Waals surface area (Å²) in [5.74, 6) is 0. The van der Waals surface area contributed by atoms with Gasteiger partial charge in [-0.05, 0) is 36.5 Å². The molecule has 21 heavy (non-hydrogen) atoms. The Kier molecular flexibility index (Phi) is 4.69. The fourth-order valence-corrected chi connectivity index (χ4v) is 2.92. The first-order valence-electron chi connectivity index (χ1n) is 7.82. The van der Waals surface area contributed by atoms with E-state index >= 15 is 0 Å². The van der Waals surface area contributed by atoms with Crippen LogP contribution in [0, 0.1) is 0 Å². The maximum Gasteiger partial charge on any atom is 0.0619 e. The first kappa shape index (κ1) is 14.3. The molecule has 1 aliphatic heterocycles. The summed E-state index contributed by atoms with van der Waals surface area (Å²) in [4.78, 5) is 0. The molecule has 0 aliphatic carbocycles. The van der Waals surface area contributed by atoms with E-state index in [0.717, 1.165) is 19.6 Å². The van der Waals surface area contributed by atoms with Crippen LogP contribution in [0.3, 0.4) is 0 Å². The second-order valence-electron chi connectivity index (χ2n) is 5.79. The van der Waals surface area contributed by atoms with E-state index in [1.54, 1.807) is 0 Å². The van der Waals surface area contributed by atoms with Crippen molar-refractivity contribution in [3.8, 4) is 11.1 Å². The first-order valence-corrected chi connectivity index (χ1v) is 7.82. The molecule has 110 valence electrons. The highest BCUT2D eigenvalue weighted by Crippen LogP contribution is 2.22. The molecule has 0 amide bonds. The van der Waals surface area contributed by atoms with E-state index in [1.165, 1.54) is 23.1 Å². The molecule has 2 unspecified atom stereocenters. The summed E-state index contributed by atoms with van der Waals surface area (Å²) in [5, 5.41) is 3.67. The van der Waals surface area contributed by atoms with Crippen LogP contribution in [-0.2, 0) is 4.74 Å². The van der Waals surface area contributed by atoms with Crippen molar-refractivity contribution < 1.29 is 4.74 Å². The normalized spacial score (nSPS) is 20.1. The minimum absolute atomic E-state index is 0.363. The standard InChI is InChI=1S/C19H23NO/c1-15(20-19-8-5-13-21-14-19)16-9-11-18(12-10-16)17-6-3-2-4-7-17/h2-4,6-7,9-12,15,19-20H,5,8,13-14H2,1H3. The van der Waals surface area contributed by atoms with E-state index in [9.17, 15) is 0 Å². The van der Waals surface area contributed by atoms with Gasteiger partial charge in [0.15, 0.2) is 0 Å². The number of rotatable bonds is 4. The molecule has 2 atom stereocenters. The molecular formula is C19H23NO. The van der Waals surface area contributed by atoms with Crippen molar-refractivity contribution in [1.29, 1.82) is 0 Å². The van der Waals surface area contributed by atoms with Gasteiger partial charge in [0.2, 0.25) is 0 Å². The van der Waals surface area contributed by atoms with Crippen LogP contribution in [0.5, 0.6) is 0 Å². The monoisotopic (exact) mass is 281 g/mol. The van der Waals surface area contributed by atoms with Crippen molar-refractivity contribution in [1.82, 2.24) is 5.32 Å². The highest BCUT2D eigenvalue weighted by Gasteiger charge is 2.16. The lowest BCUT2D eigenvalue weighted by atomic mass is 10.0. The lowest BCUT2D eigenvalue weighted by Gasteiger charge is -2.27. The quantitative estimate of drug-likeness (QED) is 0.907. The molecule has 2 nitrogen and oxygen atoms in total.